The summed E-state index contributed by atoms with van der Waals surface area (Å²) in [5.41, 5.74) is 0. The molecular weight excluding hydrogens is 172 g/mol. The van der Waals surface area contributed by atoms with Crippen molar-refractivity contribution in [2.75, 3.05) is 0 Å². The molecule has 0 aliphatic carbocycles. The molecule has 0 spiro atoms. The lowest BCUT2D eigenvalue weighted by Gasteiger charge is -1.92. The maximum atomic E-state index is 5.84. The number of fused-ring (bicyclic) bond motifs is 1. The number of furan rings is 1. The molecule has 0 saturated heterocycles. The molecule has 1 radical (unpaired) electrons. The van der Waals surface area contributed by atoms with Crippen LogP contribution in [0.4, 0.5) is 0 Å². The molecule has 2 rings (SSSR count). The number of rotatable bonds is 1. The van der Waals surface area contributed by atoms with Crippen LogP contribution in [0.15, 0.2) is 28.9 Å². The van der Waals surface area contributed by atoms with Gasteiger partial charge in [-0.2, -0.15) is 0 Å². The molecule has 0 N–H and O–H groups in total. The Morgan fingerprint density at radius 3 is 3.00 bits per heavy atom. The van der Waals surface area contributed by atoms with Gasteiger partial charge in [0.05, 0.1) is 6.26 Å². The molecule has 0 bridgehead atoms. The molecule has 0 amide bonds. The minimum absolute atomic E-state index is 0.657. The Morgan fingerprint density at radius 1 is 1.42 bits per heavy atom. The van der Waals surface area contributed by atoms with Gasteiger partial charge < -0.3 is 4.42 Å². The van der Waals surface area contributed by atoms with E-state index in [1.165, 1.54) is 0 Å². The van der Waals surface area contributed by atoms with E-state index in [2.05, 4.69) is 6.92 Å². The highest BCUT2D eigenvalue weighted by Crippen LogP contribution is 2.24. The quantitative estimate of drug-likeness (QED) is 0.654. The molecule has 0 aliphatic rings. The Balaban J connectivity index is 2.75. The smallest absolute Gasteiger partial charge is 0.111 e. The minimum atomic E-state index is 0.657. The summed E-state index contributed by atoms with van der Waals surface area (Å²) in [6, 6.07) is 5.70. The first-order valence-electron chi connectivity index (χ1n) is 3.76. The Kier molecular flexibility index (Phi) is 1.81. The van der Waals surface area contributed by atoms with Gasteiger partial charge >= 0.3 is 0 Å². The summed E-state index contributed by atoms with van der Waals surface area (Å²) in [7, 11) is 0. The lowest BCUT2D eigenvalue weighted by atomic mass is 10.1. The summed E-state index contributed by atoms with van der Waals surface area (Å²) < 4.78 is 5.30. The zero-order chi connectivity index (χ0) is 8.55. The van der Waals surface area contributed by atoms with Crippen LogP contribution in [0.1, 0.15) is 5.76 Å². The van der Waals surface area contributed by atoms with Crippen molar-refractivity contribution in [3.05, 3.63) is 42.2 Å². The van der Waals surface area contributed by atoms with Crippen molar-refractivity contribution in [2.24, 2.45) is 0 Å². The topological polar surface area (TPSA) is 13.1 Å². The van der Waals surface area contributed by atoms with E-state index in [-0.39, 0.29) is 0 Å². The maximum absolute atomic E-state index is 5.84. The SMILES string of the molecule is [CH2]Cc1occ2ccc(Cl)cc12. The Hall–Kier alpha value is -0.950. The van der Waals surface area contributed by atoms with Gasteiger partial charge in [0.1, 0.15) is 5.76 Å². The van der Waals surface area contributed by atoms with Crippen molar-refractivity contribution in [1.82, 2.24) is 0 Å². The molecule has 2 heteroatoms. The van der Waals surface area contributed by atoms with Crippen molar-refractivity contribution in [3.8, 4) is 0 Å². The number of benzene rings is 1. The molecule has 1 heterocycles. The van der Waals surface area contributed by atoms with E-state index in [9.17, 15) is 0 Å². The third-order valence-corrected chi connectivity index (χ3v) is 2.11. The molecule has 2 aromatic rings. The lowest BCUT2D eigenvalue weighted by molar-refractivity contribution is 0.528. The molecule has 1 nitrogen and oxygen atoms in total. The van der Waals surface area contributed by atoms with Gasteiger partial charge in [-0.15, -0.1) is 0 Å². The van der Waals surface area contributed by atoms with Crippen LogP contribution < -0.4 is 0 Å². The van der Waals surface area contributed by atoms with Gasteiger partial charge in [-0.05, 0) is 25.1 Å². The fourth-order valence-corrected chi connectivity index (χ4v) is 1.44. The molecule has 1 aromatic carbocycles. The summed E-state index contributed by atoms with van der Waals surface area (Å²) >= 11 is 5.84. The second-order valence-electron chi connectivity index (χ2n) is 2.64. The van der Waals surface area contributed by atoms with Crippen LogP contribution >= 0.6 is 11.6 Å². The van der Waals surface area contributed by atoms with Crippen LogP contribution in [0, 0.1) is 6.92 Å². The van der Waals surface area contributed by atoms with E-state index in [1.807, 2.05) is 18.2 Å². The Bertz CT molecular complexity index is 403. The van der Waals surface area contributed by atoms with Crippen molar-refractivity contribution in [1.29, 1.82) is 0 Å². The zero-order valence-electron chi connectivity index (χ0n) is 6.51. The summed E-state index contributed by atoms with van der Waals surface area (Å²) in [6.07, 6.45) is 2.38. The largest absolute Gasteiger partial charge is 0.468 e. The van der Waals surface area contributed by atoms with Gasteiger partial charge in [0.25, 0.3) is 0 Å². The van der Waals surface area contributed by atoms with E-state index < -0.39 is 0 Å². The van der Waals surface area contributed by atoms with E-state index in [4.69, 9.17) is 16.0 Å². The fraction of sp³-hybridized carbons (Fsp3) is 0.100. The lowest BCUT2D eigenvalue weighted by Crippen LogP contribution is -1.74. The fourth-order valence-electron chi connectivity index (χ4n) is 1.26. The Labute approximate surface area is 75.9 Å². The molecule has 0 atom stereocenters. The van der Waals surface area contributed by atoms with Crippen LogP contribution in [0.3, 0.4) is 0 Å². The summed E-state index contributed by atoms with van der Waals surface area (Å²) in [6.45, 7) is 3.77. The van der Waals surface area contributed by atoms with Crippen LogP contribution in [0.5, 0.6) is 0 Å². The van der Waals surface area contributed by atoms with Gasteiger partial charge in [-0.25, -0.2) is 0 Å². The second-order valence-corrected chi connectivity index (χ2v) is 3.08. The van der Waals surface area contributed by atoms with Gasteiger partial charge in [-0.1, -0.05) is 11.6 Å². The summed E-state index contributed by atoms with van der Waals surface area (Å²) in [4.78, 5) is 0. The molecule has 0 fully saturated rings. The number of hydrogen-bond acceptors (Lipinski definition) is 1. The first kappa shape index (κ1) is 7.69. The van der Waals surface area contributed by atoms with Crippen molar-refractivity contribution in [2.45, 2.75) is 6.42 Å². The first-order valence-corrected chi connectivity index (χ1v) is 4.14. The van der Waals surface area contributed by atoms with Crippen molar-refractivity contribution < 1.29 is 4.42 Å². The van der Waals surface area contributed by atoms with Crippen LogP contribution in [-0.4, -0.2) is 0 Å². The highest BCUT2D eigenvalue weighted by molar-refractivity contribution is 6.31. The molecule has 61 valence electrons. The molecule has 0 saturated carbocycles. The molecular formula is C10H8ClO. The first-order chi connectivity index (χ1) is 5.81. The standard InChI is InChI=1S/C10H8ClO/c1-2-10-9-5-8(11)4-3-7(9)6-12-10/h3-6H,1-2H2. The van der Waals surface area contributed by atoms with Crippen molar-refractivity contribution >= 4 is 22.4 Å². The van der Waals surface area contributed by atoms with Crippen molar-refractivity contribution in [3.63, 3.8) is 0 Å². The van der Waals surface area contributed by atoms with E-state index in [0.717, 1.165) is 21.6 Å². The third kappa shape index (κ3) is 1.10. The van der Waals surface area contributed by atoms with Crippen LogP contribution in [-0.2, 0) is 6.42 Å². The zero-order valence-corrected chi connectivity index (χ0v) is 7.27. The molecule has 0 aliphatic heterocycles. The Morgan fingerprint density at radius 2 is 2.25 bits per heavy atom. The van der Waals surface area contributed by atoms with Gasteiger partial charge in [0.15, 0.2) is 0 Å². The third-order valence-electron chi connectivity index (χ3n) is 1.87. The second kappa shape index (κ2) is 2.83. The normalized spacial score (nSPS) is 10.8. The predicted molar refractivity (Wildman–Crippen MR) is 50.3 cm³/mol. The molecule has 0 unspecified atom stereocenters. The van der Waals surface area contributed by atoms with Crippen LogP contribution in [0.2, 0.25) is 5.02 Å². The van der Waals surface area contributed by atoms with Gasteiger partial charge in [-0.3, -0.25) is 0 Å². The average molecular weight is 180 g/mol. The minimum Gasteiger partial charge on any atom is -0.468 e. The van der Waals surface area contributed by atoms with E-state index >= 15 is 0 Å². The monoisotopic (exact) mass is 179 g/mol. The van der Waals surface area contributed by atoms with Crippen LogP contribution in [0.25, 0.3) is 10.8 Å². The average Bonchev–Trinajstić information content (AvgIpc) is 2.46. The highest BCUT2D eigenvalue weighted by Gasteiger charge is 2.03. The highest BCUT2D eigenvalue weighted by atomic mass is 35.5. The number of halogens is 1. The van der Waals surface area contributed by atoms with E-state index in [1.54, 1.807) is 6.26 Å². The van der Waals surface area contributed by atoms with Gasteiger partial charge in [0, 0.05) is 22.2 Å². The molecule has 12 heavy (non-hydrogen) atoms. The summed E-state index contributed by atoms with van der Waals surface area (Å²) in [5, 5.41) is 2.88. The molecule has 1 aromatic heterocycles. The van der Waals surface area contributed by atoms with Gasteiger partial charge in [0.2, 0.25) is 0 Å². The van der Waals surface area contributed by atoms with E-state index in [0.29, 0.717) is 6.42 Å². The number of hydrogen-bond donors (Lipinski definition) is 0. The summed E-state index contributed by atoms with van der Waals surface area (Å²) in [5.74, 6) is 0.896. The predicted octanol–water partition coefficient (Wildman–Crippen LogP) is 3.46. The maximum Gasteiger partial charge on any atom is 0.111 e.